The summed E-state index contributed by atoms with van der Waals surface area (Å²) in [5, 5.41) is 6.40. The lowest BCUT2D eigenvalue weighted by atomic mass is 10.1. The molecule has 0 bridgehead atoms. The van der Waals surface area contributed by atoms with Gasteiger partial charge in [0.05, 0.1) is 0 Å². The number of piperazine rings is 1. The van der Waals surface area contributed by atoms with Crippen molar-refractivity contribution in [2.75, 3.05) is 40.3 Å². The van der Waals surface area contributed by atoms with Crippen molar-refractivity contribution in [3.8, 4) is 5.75 Å². The third-order valence-electron chi connectivity index (χ3n) is 5.34. The molecule has 1 fully saturated rings. The van der Waals surface area contributed by atoms with E-state index in [1.54, 1.807) is 25.2 Å². The lowest BCUT2D eigenvalue weighted by molar-refractivity contribution is -0.0504. The van der Waals surface area contributed by atoms with E-state index in [0.29, 0.717) is 24.6 Å². The molecule has 9 heteroatoms. The van der Waals surface area contributed by atoms with Crippen LogP contribution in [-0.4, -0.2) is 62.6 Å². The Morgan fingerprint density at radius 3 is 2.25 bits per heavy atom. The predicted molar refractivity (Wildman–Crippen MR) is 135 cm³/mol. The smallest absolute Gasteiger partial charge is 0.387 e. The van der Waals surface area contributed by atoms with Crippen LogP contribution < -0.4 is 15.4 Å². The number of likely N-dealkylation sites (N-methyl/N-ethyl adjacent to an activating group) is 1. The van der Waals surface area contributed by atoms with Gasteiger partial charge < -0.3 is 20.3 Å². The number of rotatable bonds is 8. The maximum atomic E-state index is 12.6. The summed E-state index contributed by atoms with van der Waals surface area (Å²) in [7, 11) is 3.84. The molecule has 1 aliphatic heterocycles. The predicted octanol–water partition coefficient (Wildman–Crippen LogP) is 3.52. The first-order valence-electron chi connectivity index (χ1n) is 10.5. The van der Waals surface area contributed by atoms with Crippen LogP contribution in [0.2, 0.25) is 0 Å². The normalized spacial score (nSPS) is 15.3. The molecule has 2 aromatic rings. The number of nitrogens with zero attached hydrogens (tertiary/aromatic N) is 3. The summed E-state index contributed by atoms with van der Waals surface area (Å²) in [6.07, 6.45) is 0. The van der Waals surface area contributed by atoms with Crippen LogP contribution in [0.4, 0.5) is 8.78 Å². The van der Waals surface area contributed by atoms with Crippen molar-refractivity contribution in [2.24, 2.45) is 4.99 Å². The first-order chi connectivity index (χ1) is 15.0. The number of aliphatic imine (C=N–C) groups is 1. The third-order valence-corrected chi connectivity index (χ3v) is 5.34. The second-order valence-electron chi connectivity index (χ2n) is 7.66. The molecule has 0 unspecified atom stereocenters. The third kappa shape index (κ3) is 8.51. The van der Waals surface area contributed by atoms with Crippen molar-refractivity contribution in [3.63, 3.8) is 0 Å². The monoisotopic (exact) mass is 559 g/mol. The van der Waals surface area contributed by atoms with E-state index < -0.39 is 6.61 Å². The largest absolute Gasteiger partial charge is 0.434 e. The van der Waals surface area contributed by atoms with Gasteiger partial charge in [-0.25, -0.2) is 0 Å². The van der Waals surface area contributed by atoms with E-state index in [1.807, 2.05) is 0 Å². The highest BCUT2D eigenvalue weighted by Crippen LogP contribution is 2.19. The van der Waals surface area contributed by atoms with Gasteiger partial charge >= 0.3 is 6.61 Å². The molecule has 2 N–H and O–H groups in total. The number of guanidine groups is 1. The van der Waals surface area contributed by atoms with Gasteiger partial charge in [-0.1, -0.05) is 42.5 Å². The van der Waals surface area contributed by atoms with Crippen LogP contribution in [0.3, 0.4) is 0 Å². The summed E-state index contributed by atoms with van der Waals surface area (Å²) in [5.74, 6) is 0.754. The maximum Gasteiger partial charge on any atom is 0.387 e. The summed E-state index contributed by atoms with van der Waals surface area (Å²) < 4.78 is 29.7. The Morgan fingerprint density at radius 1 is 0.969 bits per heavy atom. The molecular formula is C23H32F2IN5O. The van der Waals surface area contributed by atoms with E-state index in [4.69, 9.17) is 0 Å². The molecule has 1 heterocycles. The van der Waals surface area contributed by atoms with E-state index in [0.717, 1.165) is 38.3 Å². The Labute approximate surface area is 206 Å². The van der Waals surface area contributed by atoms with Gasteiger partial charge in [0.25, 0.3) is 0 Å². The lowest BCUT2D eigenvalue weighted by Gasteiger charge is -2.32. The summed E-state index contributed by atoms with van der Waals surface area (Å²) in [4.78, 5) is 9.04. The Balaban J connectivity index is 0.00000363. The molecule has 0 aliphatic carbocycles. The highest BCUT2D eigenvalue weighted by molar-refractivity contribution is 14.0. The molecule has 176 valence electrons. The van der Waals surface area contributed by atoms with Gasteiger partial charge in [-0.05, 0) is 24.2 Å². The van der Waals surface area contributed by atoms with E-state index in [9.17, 15) is 8.78 Å². The Morgan fingerprint density at radius 2 is 1.59 bits per heavy atom. The van der Waals surface area contributed by atoms with Crippen LogP contribution in [0.15, 0.2) is 53.5 Å². The van der Waals surface area contributed by atoms with Crippen molar-refractivity contribution < 1.29 is 13.5 Å². The Bertz CT molecular complexity index is 843. The Kier molecular flexibility index (Phi) is 11.1. The fraction of sp³-hybridized carbons (Fsp3) is 0.435. The van der Waals surface area contributed by atoms with Gasteiger partial charge in [0.15, 0.2) is 5.96 Å². The fourth-order valence-electron chi connectivity index (χ4n) is 3.47. The van der Waals surface area contributed by atoms with Crippen LogP contribution in [0.5, 0.6) is 5.75 Å². The SMILES string of the molecule is CN=C(NCc1ccc(CN2CCN(C)CC2)cc1)NCc1ccccc1OC(F)F.I. The average Bonchev–Trinajstić information content (AvgIpc) is 2.77. The van der Waals surface area contributed by atoms with E-state index in [2.05, 4.69) is 61.5 Å². The molecule has 2 aromatic carbocycles. The van der Waals surface area contributed by atoms with Crippen LogP contribution in [0.1, 0.15) is 16.7 Å². The molecule has 0 amide bonds. The molecule has 32 heavy (non-hydrogen) atoms. The molecule has 3 rings (SSSR count). The van der Waals surface area contributed by atoms with Gasteiger partial charge in [0.2, 0.25) is 0 Å². The average molecular weight is 559 g/mol. The highest BCUT2D eigenvalue weighted by atomic mass is 127. The molecule has 0 aromatic heterocycles. The minimum Gasteiger partial charge on any atom is -0.434 e. The summed E-state index contributed by atoms with van der Waals surface area (Å²) in [5.41, 5.74) is 3.09. The molecule has 1 aliphatic rings. The molecule has 0 radical (unpaired) electrons. The summed E-state index contributed by atoms with van der Waals surface area (Å²) in [6, 6.07) is 15.3. The molecule has 0 atom stereocenters. The zero-order chi connectivity index (χ0) is 22.1. The van der Waals surface area contributed by atoms with Crippen LogP contribution >= 0.6 is 24.0 Å². The van der Waals surface area contributed by atoms with Crippen molar-refractivity contribution in [3.05, 3.63) is 65.2 Å². The number of alkyl halides is 2. The lowest BCUT2D eigenvalue weighted by Crippen LogP contribution is -2.43. The van der Waals surface area contributed by atoms with Gasteiger partial charge in [-0.3, -0.25) is 9.89 Å². The van der Waals surface area contributed by atoms with Crippen LogP contribution in [0, 0.1) is 0 Å². The number of para-hydroxylation sites is 1. The molecular weight excluding hydrogens is 527 g/mol. The van der Waals surface area contributed by atoms with Crippen LogP contribution in [-0.2, 0) is 19.6 Å². The van der Waals surface area contributed by atoms with Gasteiger partial charge in [-0.15, -0.1) is 24.0 Å². The second kappa shape index (κ2) is 13.5. The Hall–Kier alpha value is -1.98. The number of benzene rings is 2. The maximum absolute atomic E-state index is 12.6. The molecule has 1 saturated heterocycles. The van der Waals surface area contributed by atoms with Gasteiger partial charge in [0, 0.05) is 58.4 Å². The fourth-order valence-corrected chi connectivity index (χ4v) is 3.47. The zero-order valence-electron chi connectivity index (χ0n) is 18.6. The number of hydrogen-bond donors (Lipinski definition) is 2. The van der Waals surface area contributed by atoms with Crippen molar-refractivity contribution in [1.82, 2.24) is 20.4 Å². The minimum atomic E-state index is -2.85. The quantitative estimate of drug-likeness (QED) is 0.295. The van der Waals surface area contributed by atoms with E-state index >= 15 is 0 Å². The number of nitrogens with one attached hydrogen (secondary N) is 2. The first kappa shape index (κ1) is 26.3. The topological polar surface area (TPSA) is 52.1 Å². The number of hydrogen-bond acceptors (Lipinski definition) is 4. The van der Waals surface area contributed by atoms with Crippen molar-refractivity contribution in [1.29, 1.82) is 0 Å². The number of ether oxygens (including phenoxy) is 1. The molecule has 0 spiro atoms. The standard InChI is InChI=1S/C23H31F2N5O.HI/c1-26-23(28-16-20-5-3-4-6-21(20)31-22(24)25)27-15-18-7-9-19(10-8-18)17-30-13-11-29(2)12-14-30;/h3-10,22H,11-17H2,1-2H3,(H2,26,27,28);1H. The van der Waals surface area contributed by atoms with Crippen molar-refractivity contribution >= 4 is 29.9 Å². The molecule has 0 saturated carbocycles. The summed E-state index contributed by atoms with van der Waals surface area (Å²) >= 11 is 0. The molecule has 6 nitrogen and oxygen atoms in total. The second-order valence-corrected chi connectivity index (χ2v) is 7.66. The van der Waals surface area contributed by atoms with E-state index in [1.165, 1.54) is 11.6 Å². The highest BCUT2D eigenvalue weighted by Gasteiger charge is 2.14. The zero-order valence-corrected chi connectivity index (χ0v) is 20.9. The van der Waals surface area contributed by atoms with Gasteiger partial charge in [0.1, 0.15) is 5.75 Å². The summed E-state index contributed by atoms with van der Waals surface area (Å²) in [6.45, 7) is 3.51. The van der Waals surface area contributed by atoms with E-state index in [-0.39, 0.29) is 29.7 Å². The van der Waals surface area contributed by atoms with Gasteiger partial charge in [-0.2, -0.15) is 8.78 Å². The van der Waals surface area contributed by atoms with Crippen molar-refractivity contribution in [2.45, 2.75) is 26.2 Å². The number of halogens is 3. The minimum absolute atomic E-state index is 0. The first-order valence-corrected chi connectivity index (χ1v) is 10.5. The van der Waals surface area contributed by atoms with Crippen LogP contribution in [0.25, 0.3) is 0 Å².